The molecule has 3 rings (SSSR count). The van der Waals surface area contributed by atoms with Crippen molar-refractivity contribution in [3.63, 3.8) is 0 Å². The summed E-state index contributed by atoms with van der Waals surface area (Å²) >= 11 is 5.99. The molecule has 0 saturated carbocycles. The largest absolute Gasteiger partial charge is 0.381 e. The molecule has 102 valence electrons. The fourth-order valence-electron chi connectivity index (χ4n) is 2.78. The van der Waals surface area contributed by atoms with E-state index in [1.807, 2.05) is 13.0 Å². The van der Waals surface area contributed by atoms with E-state index in [9.17, 15) is 4.79 Å². The van der Waals surface area contributed by atoms with Crippen LogP contribution in [0.15, 0.2) is 12.3 Å². The molecule has 0 bridgehead atoms. The molecule has 0 aliphatic carbocycles. The quantitative estimate of drug-likeness (QED) is 0.801. The van der Waals surface area contributed by atoms with Gasteiger partial charge < -0.3 is 15.0 Å². The smallest absolute Gasteiger partial charge is 0.246 e. The molecule has 1 N–H and O–H groups in total. The average Bonchev–Trinajstić information content (AvgIpc) is 2.42. The number of fused-ring (bicyclic) bond motifs is 1. The highest BCUT2D eigenvalue weighted by Crippen LogP contribution is 2.36. The van der Waals surface area contributed by atoms with E-state index in [-0.39, 0.29) is 11.9 Å². The second kappa shape index (κ2) is 4.98. The number of carbonyl (C=O) groups is 1. The second-order valence-electron chi connectivity index (χ2n) is 4.94. The van der Waals surface area contributed by atoms with E-state index >= 15 is 0 Å². The maximum absolute atomic E-state index is 12.1. The Kier molecular flexibility index (Phi) is 3.33. The Balaban J connectivity index is 2.01. The number of nitrogens with one attached hydrogen (secondary N) is 1. The number of anilines is 2. The zero-order valence-electron chi connectivity index (χ0n) is 10.7. The number of hydrogen-bond donors (Lipinski definition) is 1. The second-order valence-corrected chi connectivity index (χ2v) is 5.33. The van der Waals surface area contributed by atoms with Gasteiger partial charge in [0.05, 0.1) is 17.6 Å². The first kappa shape index (κ1) is 12.7. The van der Waals surface area contributed by atoms with Crippen LogP contribution in [-0.4, -0.2) is 36.2 Å². The fraction of sp³-hybridized carbons (Fsp3) is 0.538. The zero-order chi connectivity index (χ0) is 13.4. The van der Waals surface area contributed by atoms with E-state index in [2.05, 4.69) is 15.2 Å². The van der Waals surface area contributed by atoms with Crippen molar-refractivity contribution in [1.82, 2.24) is 4.98 Å². The molecule has 1 amide bonds. The van der Waals surface area contributed by atoms with Crippen molar-refractivity contribution in [1.29, 1.82) is 0 Å². The molecule has 2 aliphatic rings. The standard InChI is InChI=1S/C13H16ClN3O2/c1-8-13(18)16-10-7-15-12(14)6-11(10)17(8)9-2-4-19-5-3-9/h6-9H,2-5H2,1H3,(H,16,18)/t8-/m1/s1. The minimum Gasteiger partial charge on any atom is -0.381 e. The summed E-state index contributed by atoms with van der Waals surface area (Å²) in [5.41, 5.74) is 1.69. The lowest BCUT2D eigenvalue weighted by molar-refractivity contribution is -0.117. The van der Waals surface area contributed by atoms with Crippen molar-refractivity contribution in [2.24, 2.45) is 0 Å². The van der Waals surface area contributed by atoms with Crippen LogP contribution in [0.3, 0.4) is 0 Å². The number of carbonyl (C=O) groups excluding carboxylic acids is 1. The normalized spacial score (nSPS) is 24.0. The van der Waals surface area contributed by atoms with Crippen molar-refractivity contribution in [3.8, 4) is 0 Å². The van der Waals surface area contributed by atoms with Crippen molar-refractivity contribution in [3.05, 3.63) is 17.4 Å². The van der Waals surface area contributed by atoms with Crippen LogP contribution in [0.1, 0.15) is 19.8 Å². The zero-order valence-corrected chi connectivity index (χ0v) is 11.5. The molecule has 19 heavy (non-hydrogen) atoms. The molecule has 0 spiro atoms. The van der Waals surface area contributed by atoms with E-state index in [0.29, 0.717) is 11.2 Å². The summed E-state index contributed by atoms with van der Waals surface area (Å²) in [5.74, 6) is 0.00288. The third-order valence-corrected chi connectivity index (χ3v) is 3.97. The molecule has 0 radical (unpaired) electrons. The predicted octanol–water partition coefficient (Wildman–Crippen LogP) is 2.06. The Bertz CT molecular complexity index is 503. The van der Waals surface area contributed by atoms with Crippen LogP contribution < -0.4 is 10.2 Å². The van der Waals surface area contributed by atoms with Gasteiger partial charge in [0.25, 0.3) is 0 Å². The third kappa shape index (κ3) is 2.28. The van der Waals surface area contributed by atoms with Crippen LogP contribution >= 0.6 is 11.6 Å². The lowest BCUT2D eigenvalue weighted by atomic mass is 10.0. The van der Waals surface area contributed by atoms with Gasteiger partial charge in [-0.05, 0) is 19.8 Å². The fourth-order valence-corrected chi connectivity index (χ4v) is 2.93. The number of nitrogens with zero attached hydrogens (tertiary/aromatic N) is 2. The Labute approximate surface area is 116 Å². The van der Waals surface area contributed by atoms with Crippen LogP contribution in [0.4, 0.5) is 11.4 Å². The summed E-state index contributed by atoms with van der Waals surface area (Å²) in [5, 5.41) is 3.32. The van der Waals surface area contributed by atoms with Crippen LogP contribution in [0.5, 0.6) is 0 Å². The first-order chi connectivity index (χ1) is 9.16. The summed E-state index contributed by atoms with van der Waals surface area (Å²) < 4.78 is 5.40. The number of rotatable bonds is 1. The molecular weight excluding hydrogens is 266 g/mol. The van der Waals surface area contributed by atoms with Crippen molar-refractivity contribution >= 4 is 28.9 Å². The molecule has 1 fully saturated rings. The summed E-state index contributed by atoms with van der Waals surface area (Å²) in [6.07, 6.45) is 3.47. The number of amides is 1. The highest BCUT2D eigenvalue weighted by molar-refractivity contribution is 6.29. The van der Waals surface area contributed by atoms with Crippen LogP contribution in [-0.2, 0) is 9.53 Å². The Morgan fingerprint density at radius 1 is 1.47 bits per heavy atom. The molecule has 0 aromatic carbocycles. The van der Waals surface area contributed by atoms with Gasteiger partial charge >= 0.3 is 0 Å². The molecule has 2 aliphatic heterocycles. The summed E-state index contributed by atoms with van der Waals surface area (Å²) in [6, 6.07) is 1.93. The summed E-state index contributed by atoms with van der Waals surface area (Å²) in [4.78, 5) is 18.2. The van der Waals surface area contributed by atoms with Gasteiger partial charge in [-0.3, -0.25) is 4.79 Å². The number of ether oxygens (including phenoxy) is 1. The minimum absolute atomic E-state index is 0.00288. The van der Waals surface area contributed by atoms with Gasteiger partial charge in [-0.2, -0.15) is 0 Å². The number of hydrogen-bond acceptors (Lipinski definition) is 4. The maximum Gasteiger partial charge on any atom is 0.246 e. The predicted molar refractivity (Wildman–Crippen MR) is 73.7 cm³/mol. The SMILES string of the molecule is C[C@@H]1C(=O)Nc2cnc(Cl)cc2N1C1CCOCC1. The topological polar surface area (TPSA) is 54.5 Å². The number of halogens is 1. The lowest BCUT2D eigenvalue weighted by Gasteiger charge is -2.43. The first-order valence-electron chi connectivity index (χ1n) is 6.49. The molecule has 1 saturated heterocycles. The molecular formula is C13H16ClN3O2. The third-order valence-electron chi connectivity index (χ3n) is 3.77. The van der Waals surface area contributed by atoms with Gasteiger partial charge in [0.15, 0.2) is 0 Å². The molecule has 6 heteroatoms. The Morgan fingerprint density at radius 2 is 2.21 bits per heavy atom. The van der Waals surface area contributed by atoms with E-state index in [1.165, 1.54) is 0 Å². The van der Waals surface area contributed by atoms with E-state index in [1.54, 1.807) is 6.20 Å². The number of aromatic nitrogens is 1. The van der Waals surface area contributed by atoms with Crippen LogP contribution in [0.2, 0.25) is 5.15 Å². The van der Waals surface area contributed by atoms with E-state index in [0.717, 1.165) is 37.4 Å². The first-order valence-corrected chi connectivity index (χ1v) is 6.87. The Morgan fingerprint density at radius 3 is 2.95 bits per heavy atom. The molecule has 1 aromatic rings. The van der Waals surface area contributed by atoms with Crippen LogP contribution in [0, 0.1) is 0 Å². The summed E-state index contributed by atoms with van der Waals surface area (Å²) in [7, 11) is 0. The van der Waals surface area contributed by atoms with Gasteiger partial charge in [-0.25, -0.2) is 4.98 Å². The molecule has 1 atom stereocenters. The Hall–Kier alpha value is -1.33. The molecule has 5 nitrogen and oxygen atoms in total. The van der Waals surface area contributed by atoms with Crippen molar-refractivity contribution in [2.75, 3.05) is 23.4 Å². The van der Waals surface area contributed by atoms with Gasteiger partial charge in [-0.1, -0.05) is 11.6 Å². The van der Waals surface area contributed by atoms with Gasteiger partial charge in [-0.15, -0.1) is 0 Å². The highest BCUT2D eigenvalue weighted by atomic mass is 35.5. The van der Waals surface area contributed by atoms with Crippen LogP contribution in [0.25, 0.3) is 0 Å². The van der Waals surface area contributed by atoms with Crippen molar-refractivity contribution in [2.45, 2.75) is 31.8 Å². The molecule has 1 aromatic heterocycles. The monoisotopic (exact) mass is 281 g/mol. The number of pyridine rings is 1. The van der Waals surface area contributed by atoms with Gasteiger partial charge in [0.1, 0.15) is 11.2 Å². The van der Waals surface area contributed by atoms with E-state index in [4.69, 9.17) is 16.3 Å². The van der Waals surface area contributed by atoms with Crippen molar-refractivity contribution < 1.29 is 9.53 Å². The maximum atomic E-state index is 12.1. The molecule has 0 unspecified atom stereocenters. The minimum atomic E-state index is -0.200. The average molecular weight is 282 g/mol. The molecule has 3 heterocycles. The summed E-state index contributed by atoms with van der Waals surface area (Å²) in [6.45, 7) is 3.40. The lowest BCUT2D eigenvalue weighted by Crippen LogP contribution is -2.52. The van der Waals surface area contributed by atoms with Gasteiger partial charge in [0, 0.05) is 25.3 Å². The van der Waals surface area contributed by atoms with Gasteiger partial charge in [0.2, 0.25) is 5.91 Å². The highest BCUT2D eigenvalue weighted by Gasteiger charge is 2.35. The van der Waals surface area contributed by atoms with E-state index < -0.39 is 0 Å².